The summed E-state index contributed by atoms with van der Waals surface area (Å²) in [6.07, 6.45) is 4.82. The van der Waals surface area contributed by atoms with Crippen LogP contribution in [-0.4, -0.2) is 28.3 Å². The predicted molar refractivity (Wildman–Crippen MR) is 70.1 cm³/mol. The molecular formula is C13H22N4O. The van der Waals surface area contributed by atoms with E-state index in [9.17, 15) is 4.79 Å². The Morgan fingerprint density at radius 1 is 1.72 bits per heavy atom. The summed E-state index contributed by atoms with van der Waals surface area (Å²) < 4.78 is 1.78. The van der Waals surface area contributed by atoms with Crippen molar-refractivity contribution in [2.75, 3.05) is 6.54 Å². The maximum absolute atomic E-state index is 11.9. The van der Waals surface area contributed by atoms with E-state index in [-0.39, 0.29) is 11.9 Å². The summed E-state index contributed by atoms with van der Waals surface area (Å²) in [6.45, 7) is 5.01. The minimum atomic E-state index is 0.0209. The molecule has 2 heterocycles. The van der Waals surface area contributed by atoms with Crippen LogP contribution in [0.5, 0.6) is 0 Å². The van der Waals surface area contributed by atoms with Crippen LogP contribution in [0.25, 0.3) is 0 Å². The highest BCUT2D eigenvalue weighted by atomic mass is 16.1. The van der Waals surface area contributed by atoms with Gasteiger partial charge >= 0.3 is 0 Å². The minimum absolute atomic E-state index is 0.0209. The zero-order valence-electron chi connectivity index (χ0n) is 11.4. The van der Waals surface area contributed by atoms with Crippen molar-refractivity contribution in [1.82, 2.24) is 20.4 Å². The zero-order valence-corrected chi connectivity index (χ0v) is 11.4. The monoisotopic (exact) mass is 250 g/mol. The molecule has 1 fully saturated rings. The third-order valence-corrected chi connectivity index (χ3v) is 3.49. The van der Waals surface area contributed by atoms with E-state index in [2.05, 4.69) is 15.7 Å². The first-order valence-corrected chi connectivity index (χ1v) is 6.59. The van der Waals surface area contributed by atoms with Crippen LogP contribution in [0.2, 0.25) is 0 Å². The van der Waals surface area contributed by atoms with E-state index in [0.29, 0.717) is 12.5 Å². The molecule has 0 aromatic carbocycles. The van der Waals surface area contributed by atoms with E-state index in [4.69, 9.17) is 0 Å². The second-order valence-electron chi connectivity index (χ2n) is 5.13. The fourth-order valence-corrected chi connectivity index (χ4v) is 2.58. The van der Waals surface area contributed by atoms with Gasteiger partial charge in [0.25, 0.3) is 0 Å². The first-order chi connectivity index (χ1) is 8.56. The summed E-state index contributed by atoms with van der Waals surface area (Å²) in [5.74, 6) is 0.116. The second kappa shape index (κ2) is 5.52. The number of nitrogens with one attached hydrogen (secondary N) is 2. The number of hydrogen-bond donors (Lipinski definition) is 2. The average Bonchev–Trinajstić information content (AvgIpc) is 2.88. The number of amides is 1. The normalized spacial score (nSPS) is 20.9. The first kappa shape index (κ1) is 13.1. The number of hydrogen-bond acceptors (Lipinski definition) is 3. The number of nitrogens with zero attached hydrogens (tertiary/aromatic N) is 2. The van der Waals surface area contributed by atoms with Crippen LogP contribution in [0.3, 0.4) is 0 Å². The molecule has 1 aliphatic rings. The molecule has 1 aromatic heterocycles. The average molecular weight is 250 g/mol. The van der Waals surface area contributed by atoms with Gasteiger partial charge in [-0.25, -0.2) is 0 Å². The Morgan fingerprint density at radius 3 is 3.06 bits per heavy atom. The van der Waals surface area contributed by atoms with Crippen molar-refractivity contribution in [2.24, 2.45) is 7.05 Å². The quantitative estimate of drug-likeness (QED) is 0.839. The molecule has 1 saturated heterocycles. The summed E-state index contributed by atoms with van der Waals surface area (Å²) in [5.41, 5.74) is 2.06. The lowest BCUT2D eigenvalue weighted by Crippen LogP contribution is -2.33. The highest BCUT2D eigenvalue weighted by Crippen LogP contribution is 2.16. The molecule has 0 bridgehead atoms. The standard InChI is InChI=1S/C13H22N4O/c1-9(12-8-17(3)16-10(12)2)15-13(18)7-11-5-4-6-14-11/h8-9,11,14H,4-7H2,1-3H3,(H,15,18). The Morgan fingerprint density at radius 2 is 2.50 bits per heavy atom. The van der Waals surface area contributed by atoms with Gasteiger partial charge in [0.05, 0.1) is 11.7 Å². The molecule has 2 N–H and O–H groups in total. The fourth-order valence-electron chi connectivity index (χ4n) is 2.58. The molecule has 18 heavy (non-hydrogen) atoms. The summed E-state index contributed by atoms with van der Waals surface area (Å²) in [6, 6.07) is 0.375. The Bertz CT molecular complexity index is 421. The van der Waals surface area contributed by atoms with Crippen molar-refractivity contribution in [3.8, 4) is 0 Å². The molecular weight excluding hydrogens is 228 g/mol. The first-order valence-electron chi connectivity index (χ1n) is 6.59. The fraction of sp³-hybridized carbons (Fsp3) is 0.692. The predicted octanol–water partition coefficient (Wildman–Crippen LogP) is 1.05. The van der Waals surface area contributed by atoms with Crippen LogP contribution in [0.15, 0.2) is 6.20 Å². The number of aromatic nitrogens is 2. The molecule has 0 aliphatic carbocycles. The second-order valence-corrected chi connectivity index (χ2v) is 5.13. The minimum Gasteiger partial charge on any atom is -0.349 e. The van der Waals surface area contributed by atoms with Gasteiger partial charge < -0.3 is 10.6 Å². The van der Waals surface area contributed by atoms with E-state index in [1.807, 2.05) is 27.1 Å². The van der Waals surface area contributed by atoms with Crippen LogP contribution in [0.4, 0.5) is 0 Å². The van der Waals surface area contributed by atoms with E-state index >= 15 is 0 Å². The number of carbonyl (C=O) groups is 1. The highest BCUT2D eigenvalue weighted by Gasteiger charge is 2.20. The lowest BCUT2D eigenvalue weighted by Gasteiger charge is -2.15. The Labute approximate surface area is 108 Å². The molecule has 2 rings (SSSR count). The van der Waals surface area contributed by atoms with Crippen LogP contribution in [0, 0.1) is 6.92 Å². The molecule has 0 radical (unpaired) electrons. The van der Waals surface area contributed by atoms with Gasteiger partial charge in [-0.05, 0) is 33.2 Å². The molecule has 0 saturated carbocycles. The van der Waals surface area contributed by atoms with Gasteiger partial charge in [0.2, 0.25) is 5.91 Å². The van der Waals surface area contributed by atoms with Crippen LogP contribution < -0.4 is 10.6 Å². The number of carbonyl (C=O) groups excluding carboxylic acids is 1. The highest BCUT2D eigenvalue weighted by molar-refractivity contribution is 5.77. The van der Waals surface area contributed by atoms with Crippen molar-refractivity contribution >= 4 is 5.91 Å². The van der Waals surface area contributed by atoms with Gasteiger partial charge in [-0.15, -0.1) is 0 Å². The topological polar surface area (TPSA) is 59.0 Å². The van der Waals surface area contributed by atoms with Crippen molar-refractivity contribution in [2.45, 2.75) is 45.2 Å². The van der Waals surface area contributed by atoms with Gasteiger partial charge in [0.15, 0.2) is 0 Å². The Kier molecular flexibility index (Phi) is 4.01. The molecule has 2 atom stereocenters. The summed E-state index contributed by atoms with van der Waals surface area (Å²) >= 11 is 0. The van der Waals surface area contributed by atoms with E-state index in [1.165, 1.54) is 6.42 Å². The van der Waals surface area contributed by atoms with E-state index in [1.54, 1.807) is 4.68 Å². The lowest BCUT2D eigenvalue weighted by atomic mass is 10.1. The molecule has 1 amide bonds. The van der Waals surface area contributed by atoms with Gasteiger partial charge in [0.1, 0.15) is 0 Å². The summed E-state index contributed by atoms with van der Waals surface area (Å²) in [4.78, 5) is 11.9. The SMILES string of the molecule is Cc1nn(C)cc1C(C)NC(=O)CC1CCCN1. The maximum Gasteiger partial charge on any atom is 0.222 e. The molecule has 5 nitrogen and oxygen atoms in total. The van der Waals surface area contributed by atoms with Crippen molar-refractivity contribution in [3.05, 3.63) is 17.5 Å². The van der Waals surface area contributed by atoms with Crippen LogP contribution >= 0.6 is 0 Å². The molecule has 2 unspecified atom stereocenters. The van der Waals surface area contributed by atoms with E-state index < -0.39 is 0 Å². The van der Waals surface area contributed by atoms with Gasteiger partial charge in [0, 0.05) is 31.3 Å². The Hall–Kier alpha value is -1.36. The molecule has 5 heteroatoms. The molecule has 0 spiro atoms. The van der Waals surface area contributed by atoms with E-state index in [0.717, 1.165) is 24.2 Å². The zero-order chi connectivity index (χ0) is 13.1. The third-order valence-electron chi connectivity index (χ3n) is 3.49. The van der Waals surface area contributed by atoms with Crippen molar-refractivity contribution < 1.29 is 4.79 Å². The van der Waals surface area contributed by atoms with Gasteiger partial charge in [-0.2, -0.15) is 5.10 Å². The smallest absolute Gasteiger partial charge is 0.222 e. The number of rotatable bonds is 4. The summed E-state index contributed by atoms with van der Waals surface area (Å²) in [5, 5.41) is 10.7. The molecule has 1 aliphatic heterocycles. The third kappa shape index (κ3) is 3.10. The maximum atomic E-state index is 11.9. The number of aryl methyl sites for hydroxylation is 2. The lowest BCUT2D eigenvalue weighted by molar-refractivity contribution is -0.122. The van der Waals surface area contributed by atoms with Crippen LogP contribution in [-0.2, 0) is 11.8 Å². The molecule has 1 aromatic rings. The molecule has 100 valence electrons. The Balaban J connectivity index is 1.88. The van der Waals surface area contributed by atoms with Crippen molar-refractivity contribution in [3.63, 3.8) is 0 Å². The summed E-state index contributed by atoms with van der Waals surface area (Å²) in [7, 11) is 1.90. The van der Waals surface area contributed by atoms with Gasteiger partial charge in [-0.3, -0.25) is 9.48 Å². The van der Waals surface area contributed by atoms with Crippen molar-refractivity contribution in [1.29, 1.82) is 0 Å². The van der Waals surface area contributed by atoms with Crippen LogP contribution in [0.1, 0.15) is 43.5 Å². The largest absolute Gasteiger partial charge is 0.349 e. The van der Waals surface area contributed by atoms with Gasteiger partial charge in [-0.1, -0.05) is 0 Å².